The maximum absolute atomic E-state index is 11.2. The van der Waals surface area contributed by atoms with Crippen LogP contribution in [0.4, 0.5) is 10.5 Å². The molecule has 6 heteroatoms. The predicted molar refractivity (Wildman–Crippen MR) is 61.3 cm³/mol. The van der Waals surface area contributed by atoms with E-state index in [2.05, 4.69) is 5.32 Å². The monoisotopic (exact) mass is 238 g/mol. The highest BCUT2D eigenvalue weighted by atomic mass is 16.5. The molecule has 0 aliphatic rings. The van der Waals surface area contributed by atoms with Crippen LogP contribution < -0.4 is 11.1 Å². The van der Waals surface area contributed by atoms with E-state index in [4.69, 9.17) is 15.6 Å². The van der Waals surface area contributed by atoms with Crippen molar-refractivity contribution in [3.8, 4) is 0 Å². The van der Waals surface area contributed by atoms with Gasteiger partial charge in [-0.1, -0.05) is 12.1 Å². The standard InChI is InChI=1S/C11H14N2O4/c1-7(10(14)15)13-11(16)17-6-8-3-2-4-9(12)5-8/h2-5,7H,6,12H2,1H3,(H,13,16)(H,14,15). The first-order chi connectivity index (χ1) is 7.99. The number of nitrogens with one attached hydrogen (secondary N) is 1. The van der Waals surface area contributed by atoms with Crippen LogP contribution in [-0.4, -0.2) is 23.2 Å². The highest BCUT2D eigenvalue weighted by Crippen LogP contribution is 2.07. The van der Waals surface area contributed by atoms with Crippen LogP contribution in [0.3, 0.4) is 0 Å². The zero-order chi connectivity index (χ0) is 12.8. The molecule has 1 aromatic carbocycles. The quantitative estimate of drug-likeness (QED) is 0.678. The van der Waals surface area contributed by atoms with Crippen molar-refractivity contribution in [2.24, 2.45) is 0 Å². The molecule has 6 nitrogen and oxygen atoms in total. The third kappa shape index (κ3) is 4.42. The summed E-state index contributed by atoms with van der Waals surface area (Å²) >= 11 is 0. The van der Waals surface area contributed by atoms with E-state index >= 15 is 0 Å². The molecular formula is C11H14N2O4. The van der Waals surface area contributed by atoms with E-state index in [0.29, 0.717) is 5.69 Å². The number of amides is 1. The van der Waals surface area contributed by atoms with Gasteiger partial charge in [0.15, 0.2) is 0 Å². The van der Waals surface area contributed by atoms with Crippen molar-refractivity contribution >= 4 is 17.7 Å². The van der Waals surface area contributed by atoms with Crippen molar-refractivity contribution < 1.29 is 19.4 Å². The summed E-state index contributed by atoms with van der Waals surface area (Å²) < 4.78 is 4.83. The topological polar surface area (TPSA) is 102 Å². The number of hydrogen-bond acceptors (Lipinski definition) is 4. The average Bonchev–Trinajstić information content (AvgIpc) is 2.26. The molecule has 4 N–H and O–H groups in total. The second kappa shape index (κ2) is 5.74. The zero-order valence-electron chi connectivity index (χ0n) is 9.34. The first-order valence-electron chi connectivity index (χ1n) is 4.99. The molecule has 0 heterocycles. The van der Waals surface area contributed by atoms with Crippen LogP contribution in [0.25, 0.3) is 0 Å². The van der Waals surface area contributed by atoms with Gasteiger partial charge in [-0.25, -0.2) is 4.79 Å². The van der Waals surface area contributed by atoms with Crippen molar-refractivity contribution in [3.63, 3.8) is 0 Å². The second-order valence-electron chi connectivity index (χ2n) is 3.53. The fourth-order valence-corrected chi connectivity index (χ4v) is 1.11. The van der Waals surface area contributed by atoms with Gasteiger partial charge in [-0.2, -0.15) is 0 Å². The fourth-order valence-electron chi connectivity index (χ4n) is 1.11. The van der Waals surface area contributed by atoms with Gasteiger partial charge in [0.1, 0.15) is 12.6 Å². The van der Waals surface area contributed by atoms with Crippen LogP contribution in [0.1, 0.15) is 12.5 Å². The van der Waals surface area contributed by atoms with Gasteiger partial charge in [-0.15, -0.1) is 0 Å². The lowest BCUT2D eigenvalue weighted by molar-refractivity contribution is -0.138. The minimum absolute atomic E-state index is 0.0449. The Hall–Kier alpha value is -2.24. The summed E-state index contributed by atoms with van der Waals surface area (Å²) in [5.41, 5.74) is 6.87. The number of nitrogen functional groups attached to an aromatic ring is 1. The zero-order valence-corrected chi connectivity index (χ0v) is 9.34. The summed E-state index contributed by atoms with van der Waals surface area (Å²) in [6, 6.07) is 5.91. The molecule has 0 radical (unpaired) electrons. The molecule has 0 aromatic heterocycles. The normalized spacial score (nSPS) is 11.6. The number of ether oxygens (including phenoxy) is 1. The number of carbonyl (C=O) groups is 2. The molecule has 17 heavy (non-hydrogen) atoms. The number of rotatable bonds is 4. The molecule has 1 rings (SSSR count). The Labute approximate surface area is 98.4 Å². The van der Waals surface area contributed by atoms with Gasteiger partial charge in [-0.05, 0) is 24.6 Å². The first kappa shape index (κ1) is 12.8. The number of anilines is 1. The highest BCUT2D eigenvalue weighted by Gasteiger charge is 2.14. The van der Waals surface area contributed by atoms with Gasteiger partial charge in [0, 0.05) is 5.69 Å². The SMILES string of the molecule is CC(NC(=O)OCc1cccc(N)c1)C(=O)O. The molecule has 0 aliphatic carbocycles. The minimum Gasteiger partial charge on any atom is -0.480 e. The number of benzene rings is 1. The van der Waals surface area contributed by atoms with Crippen molar-refractivity contribution in [2.45, 2.75) is 19.6 Å². The second-order valence-corrected chi connectivity index (χ2v) is 3.53. The van der Waals surface area contributed by atoms with E-state index < -0.39 is 18.1 Å². The Morgan fingerprint density at radius 2 is 2.24 bits per heavy atom. The number of nitrogens with two attached hydrogens (primary N) is 1. The number of alkyl carbamates (subject to hydrolysis) is 1. The summed E-state index contributed by atoms with van der Waals surface area (Å²) in [5.74, 6) is -1.12. The fraction of sp³-hybridized carbons (Fsp3) is 0.273. The maximum Gasteiger partial charge on any atom is 0.408 e. The number of hydrogen-bond donors (Lipinski definition) is 3. The molecule has 92 valence electrons. The van der Waals surface area contributed by atoms with Crippen LogP contribution in [-0.2, 0) is 16.1 Å². The minimum atomic E-state index is -1.12. The van der Waals surface area contributed by atoms with Gasteiger partial charge in [-0.3, -0.25) is 4.79 Å². The molecule has 0 saturated heterocycles. The summed E-state index contributed by atoms with van der Waals surface area (Å²) in [6.45, 7) is 1.40. The van der Waals surface area contributed by atoms with Crippen LogP contribution in [0.15, 0.2) is 24.3 Å². The molecule has 1 unspecified atom stereocenters. The average molecular weight is 238 g/mol. The molecule has 0 fully saturated rings. The Morgan fingerprint density at radius 3 is 2.82 bits per heavy atom. The van der Waals surface area contributed by atoms with E-state index in [1.165, 1.54) is 6.92 Å². The highest BCUT2D eigenvalue weighted by molar-refractivity contribution is 5.79. The molecule has 0 saturated carbocycles. The van der Waals surface area contributed by atoms with Crippen molar-refractivity contribution in [3.05, 3.63) is 29.8 Å². The molecule has 1 atom stereocenters. The molecular weight excluding hydrogens is 224 g/mol. The third-order valence-corrected chi connectivity index (χ3v) is 2.03. The maximum atomic E-state index is 11.2. The van der Waals surface area contributed by atoms with E-state index in [-0.39, 0.29) is 6.61 Å². The van der Waals surface area contributed by atoms with Gasteiger partial charge >= 0.3 is 12.1 Å². The number of aliphatic carboxylic acids is 1. The summed E-state index contributed by atoms with van der Waals surface area (Å²) in [5, 5.41) is 10.7. The van der Waals surface area contributed by atoms with Crippen LogP contribution >= 0.6 is 0 Å². The van der Waals surface area contributed by atoms with Crippen LogP contribution in [0.5, 0.6) is 0 Å². The van der Waals surface area contributed by atoms with Crippen LogP contribution in [0, 0.1) is 0 Å². The summed E-state index contributed by atoms with van der Waals surface area (Å²) in [7, 11) is 0. The smallest absolute Gasteiger partial charge is 0.408 e. The van der Waals surface area contributed by atoms with Crippen LogP contribution in [0.2, 0.25) is 0 Å². The lowest BCUT2D eigenvalue weighted by atomic mass is 10.2. The lowest BCUT2D eigenvalue weighted by Gasteiger charge is -2.10. The van der Waals surface area contributed by atoms with Crippen molar-refractivity contribution in [1.82, 2.24) is 5.32 Å². The third-order valence-electron chi connectivity index (χ3n) is 2.03. The molecule has 0 spiro atoms. The van der Waals surface area contributed by atoms with E-state index in [1.54, 1.807) is 24.3 Å². The number of carboxylic acid groups (broad SMARTS) is 1. The number of carboxylic acids is 1. The van der Waals surface area contributed by atoms with E-state index in [9.17, 15) is 9.59 Å². The summed E-state index contributed by atoms with van der Waals surface area (Å²) in [4.78, 5) is 21.7. The lowest BCUT2D eigenvalue weighted by Crippen LogP contribution is -2.38. The Kier molecular flexibility index (Phi) is 4.33. The Bertz CT molecular complexity index is 420. The summed E-state index contributed by atoms with van der Waals surface area (Å²) in [6.07, 6.45) is -0.776. The van der Waals surface area contributed by atoms with Crippen molar-refractivity contribution in [2.75, 3.05) is 5.73 Å². The van der Waals surface area contributed by atoms with Gasteiger partial charge in [0.2, 0.25) is 0 Å². The van der Waals surface area contributed by atoms with E-state index in [0.717, 1.165) is 5.56 Å². The van der Waals surface area contributed by atoms with Gasteiger partial charge in [0.25, 0.3) is 0 Å². The van der Waals surface area contributed by atoms with Gasteiger partial charge < -0.3 is 20.9 Å². The first-order valence-corrected chi connectivity index (χ1v) is 4.99. The number of carbonyl (C=O) groups excluding carboxylic acids is 1. The molecule has 1 amide bonds. The van der Waals surface area contributed by atoms with E-state index in [1.807, 2.05) is 0 Å². The van der Waals surface area contributed by atoms with Crippen molar-refractivity contribution in [1.29, 1.82) is 0 Å². The molecule has 0 bridgehead atoms. The Morgan fingerprint density at radius 1 is 1.53 bits per heavy atom. The predicted octanol–water partition coefficient (Wildman–Crippen LogP) is 0.968. The molecule has 1 aromatic rings. The molecule has 0 aliphatic heterocycles. The Balaban J connectivity index is 2.41. The van der Waals surface area contributed by atoms with Gasteiger partial charge in [0.05, 0.1) is 0 Å². The largest absolute Gasteiger partial charge is 0.480 e.